The number of rotatable bonds is 6. The maximum Gasteiger partial charge on any atom is 0.317 e. The molecule has 1 rings (SSSR count). The van der Waals surface area contributed by atoms with Crippen molar-refractivity contribution in [1.29, 1.82) is 0 Å². The first-order valence-electron chi connectivity index (χ1n) is 6.91. The van der Waals surface area contributed by atoms with Gasteiger partial charge < -0.3 is 10.0 Å². The maximum atomic E-state index is 11.0. The van der Waals surface area contributed by atoms with Gasteiger partial charge in [-0.15, -0.1) is 0 Å². The fraction of sp³-hybridized carbons (Fsp3) is 0.929. The molecule has 0 spiro atoms. The van der Waals surface area contributed by atoms with Gasteiger partial charge in [-0.25, -0.2) is 0 Å². The van der Waals surface area contributed by atoms with E-state index in [0.717, 1.165) is 25.9 Å². The smallest absolute Gasteiger partial charge is 0.317 e. The highest BCUT2D eigenvalue weighted by Crippen LogP contribution is 2.36. The Morgan fingerprint density at radius 1 is 1.22 bits per heavy atom. The average Bonchev–Trinajstić information content (AvgIpc) is 2.24. The van der Waals surface area contributed by atoms with E-state index in [1.54, 1.807) is 0 Å². The van der Waals surface area contributed by atoms with Gasteiger partial charge in [-0.05, 0) is 45.2 Å². The molecular weight excluding hydrogens is 228 g/mol. The van der Waals surface area contributed by atoms with E-state index in [2.05, 4.69) is 23.6 Å². The van der Waals surface area contributed by atoms with Crippen molar-refractivity contribution in [3.63, 3.8) is 0 Å². The molecule has 0 heterocycles. The van der Waals surface area contributed by atoms with Crippen LogP contribution in [0.2, 0.25) is 0 Å². The number of hydrogen-bond acceptors (Lipinski definition) is 3. The molecule has 4 nitrogen and oxygen atoms in total. The third kappa shape index (κ3) is 5.36. The minimum Gasteiger partial charge on any atom is -0.480 e. The molecule has 0 atom stereocenters. The van der Waals surface area contributed by atoms with Crippen LogP contribution in [-0.4, -0.2) is 60.6 Å². The number of likely N-dealkylation sites (N-methyl/N-ethyl adjacent to an activating group) is 1. The molecule has 4 heteroatoms. The number of hydrogen-bond donors (Lipinski definition) is 1. The Balaban J connectivity index is 2.51. The number of nitrogens with zero attached hydrogens (tertiary/aromatic N) is 2. The lowest BCUT2D eigenvalue weighted by atomic mass is 9.75. The lowest BCUT2D eigenvalue weighted by molar-refractivity contribution is -0.139. The van der Waals surface area contributed by atoms with Crippen LogP contribution in [0.5, 0.6) is 0 Å². The SMILES string of the molecule is CN(C)CCN(CC(=O)O)C1CCC(C)(C)CC1. The van der Waals surface area contributed by atoms with Gasteiger partial charge in [0.2, 0.25) is 0 Å². The van der Waals surface area contributed by atoms with Crippen LogP contribution in [-0.2, 0) is 4.79 Å². The van der Waals surface area contributed by atoms with Gasteiger partial charge in [-0.2, -0.15) is 0 Å². The fourth-order valence-corrected chi connectivity index (χ4v) is 2.64. The highest BCUT2D eigenvalue weighted by atomic mass is 16.4. The summed E-state index contributed by atoms with van der Waals surface area (Å²) in [6, 6.07) is 0.453. The summed E-state index contributed by atoms with van der Waals surface area (Å²) in [5.41, 5.74) is 0.437. The van der Waals surface area contributed by atoms with Crippen LogP contribution in [0.3, 0.4) is 0 Å². The molecule has 106 valence electrons. The second-order valence-electron chi connectivity index (χ2n) is 6.56. The van der Waals surface area contributed by atoms with Gasteiger partial charge >= 0.3 is 5.97 Å². The highest BCUT2D eigenvalue weighted by Gasteiger charge is 2.30. The van der Waals surface area contributed by atoms with E-state index in [1.165, 1.54) is 12.8 Å². The van der Waals surface area contributed by atoms with Crippen LogP contribution in [0.1, 0.15) is 39.5 Å². The van der Waals surface area contributed by atoms with Crippen molar-refractivity contribution < 1.29 is 9.90 Å². The summed E-state index contributed by atoms with van der Waals surface area (Å²) in [7, 11) is 4.06. The Kier molecular flexibility index (Phi) is 5.60. The lowest BCUT2D eigenvalue weighted by Gasteiger charge is -2.40. The molecule has 0 aromatic carbocycles. The Bertz CT molecular complexity index is 267. The summed E-state index contributed by atoms with van der Waals surface area (Å²) in [6.45, 7) is 6.58. The molecule has 18 heavy (non-hydrogen) atoms. The molecule has 0 bridgehead atoms. The van der Waals surface area contributed by atoms with Gasteiger partial charge in [0.05, 0.1) is 6.54 Å². The van der Waals surface area contributed by atoms with E-state index in [-0.39, 0.29) is 6.54 Å². The summed E-state index contributed by atoms with van der Waals surface area (Å²) in [6.07, 6.45) is 4.67. The fourth-order valence-electron chi connectivity index (χ4n) is 2.64. The Labute approximate surface area is 111 Å². The molecule has 1 saturated carbocycles. The van der Waals surface area contributed by atoms with Crippen molar-refractivity contribution in [2.75, 3.05) is 33.7 Å². The lowest BCUT2D eigenvalue weighted by Crippen LogP contribution is -2.45. The minimum absolute atomic E-state index is 0.179. The first-order valence-corrected chi connectivity index (χ1v) is 6.91. The molecule has 0 aromatic rings. The number of carbonyl (C=O) groups is 1. The van der Waals surface area contributed by atoms with E-state index in [4.69, 9.17) is 5.11 Å². The largest absolute Gasteiger partial charge is 0.480 e. The Morgan fingerprint density at radius 2 is 1.78 bits per heavy atom. The average molecular weight is 256 g/mol. The number of aliphatic carboxylic acids is 1. The first kappa shape index (κ1) is 15.4. The summed E-state index contributed by atoms with van der Waals surface area (Å²) in [5, 5.41) is 9.03. The standard InChI is InChI=1S/C14H28N2O2/c1-14(2)7-5-12(6-8-14)16(11-13(17)18)10-9-15(3)4/h12H,5-11H2,1-4H3,(H,17,18). The van der Waals surface area contributed by atoms with Crippen LogP contribution in [0.15, 0.2) is 0 Å². The molecular formula is C14H28N2O2. The predicted molar refractivity (Wildman–Crippen MR) is 73.8 cm³/mol. The second-order valence-corrected chi connectivity index (χ2v) is 6.56. The van der Waals surface area contributed by atoms with Crippen molar-refractivity contribution in [2.24, 2.45) is 5.41 Å². The summed E-state index contributed by atoms with van der Waals surface area (Å²) in [5.74, 6) is -0.710. The molecule has 0 unspecified atom stereocenters. The Morgan fingerprint density at radius 3 is 2.22 bits per heavy atom. The van der Waals surface area contributed by atoms with Crippen molar-refractivity contribution in [3.8, 4) is 0 Å². The van der Waals surface area contributed by atoms with Crippen molar-refractivity contribution in [2.45, 2.75) is 45.6 Å². The zero-order chi connectivity index (χ0) is 13.8. The second kappa shape index (κ2) is 6.53. The Hall–Kier alpha value is -0.610. The monoisotopic (exact) mass is 256 g/mol. The van der Waals surface area contributed by atoms with Crippen molar-refractivity contribution in [1.82, 2.24) is 9.80 Å². The third-order valence-corrected chi connectivity index (χ3v) is 4.00. The van der Waals surface area contributed by atoms with Gasteiger partial charge in [0.1, 0.15) is 0 Å². The quantitative estimate of drug-likeness (QED) is 0.788. The topological polar surface area (TPSA) is 43.8 Å². The molecule has 0 saturated heterocycles. The van der Waals surface area contributed by atoms with E-state index >= 15 is 0 Å². The third-order valence-electron chi connectivity index (χ3n) is 4.00. The van der Waals surface area contributed by atoms with Crippen molar-refractivity contribution >= 4 is 5.97 Å². The highest BCUT2D eigenvalue weighted by molar-refractivity contribution is 5.69. The minimum atomic E-state index is -0.710. The number of carboxylic acid groups (broad SMARTS) is 1. The van der Waals surface area contributed by atoms with Gasteiger partial charge in [0.15, 0.2) is 0 Å². The zero-order valence-electron chi connectivity index (χ0n) is 12.3. The van der Waals surface area contributed by atoms with E-state index in [9.17, 15) is 4.79 Å². The molecule has 1 aliphatic carbocycles. The van der Waals surface area contributed by atoms with Gasteiger partial charge in [-0.3, -0.25) is 9.69 Å². The normalized spacial score (nSPS) is 20.6. The molecule has 0 radical (unpaired) electrons. The predicted octanol–water partition coefficient (Wildman–Crippen LogP) is 1.90. The number of carboxylic acids is 1. The molecule has 1 N–H and O–H groups in total. The van der Waals surface area contributed by atoms with E-state index < -0.39 is 5.97 Å². The maximum absolute atomic E-state index is 11.0. The van der Waals surface area contributed by atoms with Gasteiger partial charge in [0, 0.05) is 19.1 Å². The molecule has 0 aliphatic heterocycles. The molecule has 1 aliphatic rings. The van der Waals surface area contributed by atoms with Crippen LogP contribution in [0, 0.1) is 5.41 Å². The molecule has 0 aromatic heterocycles. The van der Waals surface area contributed by atoms with Crippen LogP contribution in [0.25, 0.3) is 0 Å². The van der Waals surface area contributed by atoms with Crippen LogP contribution in [0.4, 0.5) is 0 Å². The van der Waals surface area contributed by atoms with E-state index in [1.807, 2.05) is 14.1 Å². The van der Waals surface area contributed by atoms with Crippen LogP contribution >= 0.6 is 0 Å². The zero-order valence-corrected chi connectivity index (χ0v) is 12.3. The van der Waals surface area contributed by atoms with E-state index in [0.29, 0.717) is 11.5 Å². The summed E-state index contributed by atoms with van der Waals surface area (Å²) < 4.78 is 0. The van der Waals surface area contributed by atoms with Crippen LogP contribution < -0.4 is 0 Å². The summed E-state index contributed by atoms with van der Waals surface area (Å²) in [4.78, 5) is 15.2. The van der Waals surface area contributed by atoms with Crippen molar-refractivity contribution in [3.05, 3.63) is 0 Å². The van der Waals surface area contributed by atoms with Gasteiger partial charge in [0.25, 0.3) is 0 Å². The molecule has 0 amide bonds. The van der Waals surface area contributed by atoms with Gasteiger partial charge in [-0.1, -0.05) is 13.8 Å². The summed E-state index contributed by atoms with van der Waals surface area (Å²) >= 11 is 0. The first-order chi connectivity index (χ1) is 8.30. The molecule has 1 fully saturated rings.